The number of hydrogen-bond acceptors (Lipinski definition) is 4. The van der Waals surface area contributed by atoms with E-state index in [2.05, 4.69) is 4.74 Å². The van der Waals surface area contributed by atoms with Gasteiger partial charge >= 0.3 is 0 Å². The van der Waals surface area contributed by atoms with E-state index in [1.807, 2.05) is 13.8 Å². The van der Waals surface area contributed by atoms with Crippen LogP contribution in [0.25, 0.3) is 0 Å². The molecule has 0 spiro atoms. The fraction of sp³-hybridized carbons (Fsp3) is 1.00. The number of hydrogen-bond donors (Lipinski definition) is 2. The quantitative estimate of drug-likeness (QED) is 0.673. The molecule has 0 aromatic heterocycles. The highest BCUT2D eigenvalue weighted by Crippen LogP contribution is 1.89. The Morgan fingerprint density at radius 2 is 1.64 bits per heavy atom. The zero-order valence-electron chi connectivity index (χ0n) is 9.69. The molecule has 2 unspecified atom stereocenters. The van der Waals surface area contributed by atoms with E-state index in [-0.39, 0.29) is 18.6 Å². The van der Waals surface area contributed by atoms with Crippen molar-refractivity contribution in [1.82, 2.24) is 0 Å². The Balaban J connectivity index is 0. The summed E-state index contributed by atoms with van der Waals surface area (Å²) in [5.74, 6) is 0.282. The molecule has 0 bridgehead atoms. The topological polar surface area (TPSA) is 58.9 Å². The Kier molecular flexibility index (Phi) is 14.9. The molecule has 2 N–H and O–H groups in total. The average molecular weight is 208 g/mol. The van der Waals surface area contributed by atoms with Crippen molar-refractivity contribution in [3.05, 3.63) is 0 Å². The fourth-order valence-corrected chi connectivity index (χ4v) is 0.647. The van der Waals surface area contributed by atoms with Gasteiger partial charge in [-0.2, -0.15) is 0 Å². The van der Waals surface area contributed by atoms with Crippen LogP contribution in [0.15, 0.2) is 0 Å². The summed E-state index contributed by atoms with van der Waals surface area (Å²) in [5.41, 5.74) is 0. The molecule has 0 fully saturated rings. The Bertz CT molecular complexity index is 86.1. The van der Waals surface area contributed by atoms with Crippen LogP contribution in [-0.4, -0.2) is 50.4 Å². The minimum absolute atomic E-state index is 0.216. The summed E-state index contributed by atoms with van der Waals surface area (Å²) in [5, 5.41) is 17.1. The van der Waals surface area contributed by atoms with Crippen LogP contribution in [0.3, 0.4) is 0 Å². The summed E-state index contributed by atoms with van der Waals surface area (Å²) in [6.45, 7) is 5.17. The maximum absolute atomic E-state index is 8.73. The van der Waals surface area contributed by atoms with Crippen molar-refractivity contribution in [3.8, 4) is 0 Å². The third-order valence-electron chi connectivity index (χ3n) is 1.59. The van der Waals surface area contributed by atoms with E-state index in [1.54, 1.807) is 14.2 Å². The lowest BCUT2D eigenvalue weighted by Crippen LogP contribution is -2.11. The third-order valence-corrected chi connectivity index (χ3v) is 1.59. The summed E-state index contributed by atoms with van der Waals surface area (Å²) in [7, 11) is 3.21. The van der Waals surface area contributed by atoms with Gasteiger partial charge in [-0.1, -0.05) is 13.8 Å². The van der Waals surface area contributed by atoms with Gasteiger partial charge in [0.2, 0.25) is 0 Å². The van der Waals surface area contributed by atoms with Gasteiger partial charge in [0.25, 0.3) is 0 Å². The Labute approximate surface area is 86.8 Å². The fourth-order valence-electron chi connectivity index (χ4n) is 0.647. The molecular weight excluding hydrogens is 184 g/mol. The Hall–Kier alpha value is -0.160. The van der Waals surface area contributed by atoms with Crippen molar-refractivity contribution in [2.75, 3.05) is 34.0 Å². The lowest BCUT2D eigenvalue weighted by Gasteiger charge is -2.02. The van der Waals surface area contributed by atoms with Crippen LogP contribution in [0.4, 0.5) is 0 Å². The van der Waals surface area contributed by atoms with Gasteiger partial charge in [-0.05, 0) is 6.42 Å². The van der Waals surface area contributed by atoms with Crippen LogP contribution in [0, 0.1) is 5.92 Å². The Morgan fingerprint density at radius 3 is 1.79 bits per heavy atom. The highest BCUT2D eigenvalue weighted by Gasteiger charge is 1.95. The molecule has 14 heavy (non-hydrogen) atoms. The Morgan fingerprint density at radius 1 is 1.14 bits per heavy atom. The molecule has 4 heteroatoms. The van der Waals surface area contributed by atoms with Crippen molar-refractivity contribution in [1.29, 1.82) is 0 Å². The second-order valence-electron chi connectivity index (χ2n) is 3.26. The van der Waals surface area contributed by atoms with E-state index in [0.29, 0.717) is 13.2 Å². The van der Waals surface area contributed by atoms with Crippen LogP contribution in [0.1, 0.15) is 20.3 Å². The van der Waals surface area contributed by atoms with Crippen molar-refractivity contribution >= 4 is 0 Å². The number of ether oxygens (including phenoxy) is 2. The maximum atomic E-state index is 8.73. The van der Waals surface area contributed by atoms with E-state index in [4.69, 9.17) is 14.9 Å². The average Bonchev–Trinajstić information content (AvgIpc) is 2.19. The zero-order chi connectivity index (χ0) is 11.4. The number of aliphatic hydroxyl groups is 2. The van der Waals surface area contributed by atoms with Crippen LogP contribution >= 0.6 is 0 Å². The molecule has 2 atom stereocenters. The predicted octanol–water partition coefficient (Wildman–Crippen LogP) is 0.665. The summed E-state index contributed by atoms with van der Waals surface area (Å²) in [4.78, 5) is 0. The standard InChI is InChI=1S/2C5H12O2/c1-5(3-6)4-7-2;1-3-5(6)4-7-2/h2*5-6H,3-4H2,1-2H3. The van der Waals surface area contributed by atoms with E-state index < -0.39 is 0 Å². The summed E-state index contributed by atoms with van der Waals surface area (Å²) < 4.78 is 9.38. The molecule has 0 rings (SSSR count). The van der Waals surface area contributed by atoms with Gasteiger partial charge in [-0.3, -0.25) is 0 Å². The SMILES string of the molecule is CCC(O)COC.COCC(C)CO. The third kappa shape index (κ3) is 14.4. The molecule has 0 aromatic rings. The van der Waals surface area contributed by atoms with Gasteiger partial charge in [0.15, 0.2) is 0 Å². The second kappa shape index (κ2) is 12.8. The van der Waals surface area contributed by atoms with E-state index >= 15 is 0 Å². The van der Waals surface area contributed by atoms with Crippen molar-refractivity contribution in [2.24, 2.45) is 5.92 Å². The van der Waals surface area contributed by atoms with Gasteiger partial charge in [-0.25, -0.2) is 0 Å². The van der Waals surface area contributed by atoms with Gasteiger partial charge < -0.3 is 19.7 Å². The lowest BCUT2D eigenvalue weighted by molar-refractivity contribution is 0.0625. The van der Waals surface area contributed by atoms with Crippen LogP contribution < -0.4 is 0 Å². The van der Waals surface area contributed by atoms with Crippen LogP contribution in [0.2, 0.25) is 0 Å². The van der Waals surface area contributed by atoms with E-state index in [1.165, 1.54) is 0 Å². The largest absolute Gasteiger partial charge is 0.396 e. The minimum atomic E-state index is -0.273. The first-order chi connectivity index (χ1) is 6.62. The molecule has 0 aliphatic rings. The summed E-state index contributed by atoms with van der Waals surface area (Å²) >= 11 is 0. The molecule has 88 valence electrons. The van der Waals surface area contributed by atoms with E-state index in [9.17, 15) is 0 Å². The molecule has 0 aliphatic heterocycles. The van der Waals surface area contributed by atoms with Gasteiger partial charge in [-0.15, -0.1) is 0 Å². The van der Waals surface area contributed by atoms with E-state index in [0.717, 1.165) is 6.42 Å². The summed E-state index contributed by atoms with van der Waals surface area (Å²) in [6, 6.07) is 0. The highest BCUT2D eigenvalue weighted by atomic mass is 16.5. The van der Waals surface area contributed by atoms with Gasteiger partial charge in [0.1, 0.15) is 0 Å². The number of aliphatic hydroxyl groups excluding tert-OH is 2. The number of methoxy groups -OCH3 is 2. The van der Waals surface area contributed by atoms with Gasteiger partial charge in [0.05, 0.1) is 19.3 Å². The smallest absolute Gasteiger partial charge is 0.0770 e. The molecule has 0 aliphatic carbocycles. The highest BCUT2D eigenvalue weighted by molar-refractivity contribution is 4.45. The molecule has 0 amide bonds. The molecule has 0 aromatic carbocycles. The summed E-state index contributed by atoms with van der Waals surface area (Å²) in [6.07, 6.45) is 0.499. The van der Waals surface area contributed by atoms with Crippen molar-refractivity contribution in [2.45, 2.75) is 26.4 Å². The second-order valence-corrected chi connectivity index (χ2v) is 3.26. The number of rotatable bonds is 6. The van der Waals surface area contributed by atoms with Gasteiger partial charge in [0, 0.05) is 26.7 Å². The predicted molar refractivity (Wildman–Crippen MR) is 56.3 cm³/mol. The molecule has 0 heterocycles. The lowest BCUT2D eigenvalue weighted by atomic mass is 10.2. The molecular formula is C10H24O4. The van der Waals surface area contributed by atoms with Crippen LogP contribution in [-0.2, 0) is 9.47 Å². The normalized spacial score (nSPS) is 14.1. The molecule has 0 radical (unpaired) electrons. The van der Waals surface area contributed by atoms with Crippen molar-refractivity contribution in [3.63, 3.8) is 0 Å². The zero-order valence-corrected chi connectivity index (χ0v) is 9.69. The molecule has 4 nitrogen and oxygen atoms in total. The minimum Gasteiger partial charge on any atom is -0.396 e. The molecule has 0 saturated carbocycles. The monoisotopic (exact) mass is 208 g/mol. The molecule has 0 saturated heterocycles. The first-order valence-corrected chi connectivity index (χ1v) is 4.89. The maximum Gasteiger partial charge on any atom is 0.0770 e. The van der Waals surface area contributed by atoms with Crippen LogP contribution in [0.5, 0.6) is 0 Å². The first-order valence-electron chi connectivity index (χ1n) is 4.89. The first kappa shape index (κ1) is 16.3. The van der Waals surface area contributed by atoms with Crippen molar-refractivity contribution < 1.29 is 19.7 Å².